The van der Waals surface area contributed by atoms with Crippen LogP contribution in [-0.2, 0) is 20.0 Å². The number of nitrogens with one attached hydrogen (secondary N) is 2. The number of ether oxygens (including phenoxy) is 1. The number of aromatic nitrogens is 3. The minimum atomic E-state index is 0.508. The van der Waals surface area contributed by atoms with Crippen LogP contribution in [0.5, 0.6) is 5.75 Å². The monoisotopic (exact) mass is 398 g/mol. The Hall–Kier alpha value is -2.57. The van der Waals surface area contributed by atoms with Crippen molar-refractivity contribution >= 4 is 5.96 Å². The van der Waals surface area contributed by atoms with Gasteiger partial charge < -0.3 is 19.9 Å². The van der Waals surface area contributed by atoms with Gasteiger partial charge in [-0.15, -0.1) is 10.2 Å². The van der Waals surface area contributed by atoms with Crippen LogP contribution < -0.4 is 15.4 Å². The maximum atomic E-state index is 5.74. The summed E-state index contributed by atoms with van der Waals surface area (Å²) in [5, 5.41) is 15.4. The second-order valence-electron chi connectivity index (χ2n) is 7.69. The summed E-state index contributed by atoms with van der Waals surface area (Å²) in [6, 6.07) is 8.85. The van der Waals surface area contributed by atoms with E-state index in [-0.39, 0.29) is 0 Å². The molecule has 1 aliphatic carbocycles. The third-order valence-electron chi connectivity index (χ3n) is 5.33. The van der Waals surface area contributed by atoms with Gasteiger partial charge in [0.2, 0.25) is 0 Å². The number of aliphatic imine (C=N–C) groups is 1. The SMILES string of the molecule is CCCOc1cccc(CCNC(=NCc2nnc(C)n2C)NC2CCCC2)c1. The Morgan fingerprint density at radius 2 is 2.10 bits per heavy atom. The molecule has 0 unspecified atom stereocenters. The largest absolute Gasteiger partial charge is 0.494 e. The van der Waals surface area contributed by atoms with Gasteiger partial charge in [0.25, 0.3) is 0 Å². The van der Waals surface area contributed by atoms with Crippen LogP contribution in [0, 0.1) is 6.92 Å². The topological polar surface area (TPSA) is 76.4 Å². The number of guanidine groups is 1. The van der Waals surface area contributed by atoms with Crippen molar-refractivity contribution in [3.05, 3.63) is 41.5 Å². The van der Waals surface area contributed by atoms with E-state index in [1.54, 1.807) is 0 Å². The molecule has 1 fully saturated rings. The van der Waals surface area contributed by atoms with Gasteiger partial charge in [-0.3, -0.25) is 0 Å². The summed E-state index contributed by atoms with van der Waals surface area (Å²) in [7, 11) is 1.98. The molecule has 0 radical (unpaired) electrons. The Labute approximate surface area is 174 Å². The second-order valence-corrected chi connectivity index (χ2v) is 7.69. The van der Waals surface area contributed by atoms with Gasteiger partial charge in [0, 0.05) is 19.6 Å². The Morgan fingerprint density at radius 1 is 1.28 bits per heavy atom. The first-order valence-electron chi connectivity index (χ1n) is 10.8. The van der Waals surface area contributed by atoms with Gasteiger partial charge in [-0.05, 0) is 50.3 Å². The highest BCUT2D eigenvalue weighted by Gasteiger charge is 2.16. The maximum absolute atomic E-state index is 5.74. The summed E-state index contributed by atoms with van der Waals surface area (Å²) in [4.78, 5) is 4.77. The van der Waals surface area contributed by atoms with Gasteiger partial charge in [-0.1, -0.05) is 31.9 Å². The van der Waals surface area contributed by atoms with Gasteiger partial charge in [0.1, 0.15) is 18.1 Å². The van der Waals surface area contributed by atoms with Gasteiger partial charge in [-0.2, -0.15) is 0 Å². The van der Waals surface area contributed by atoms with Crippen molar-refractivity contribution in [2.75, 3.05) is 13.2 Å². The lowest BCUT2D eigenvalue weighted by Gasteiger charge is -2.17. The first kappa shape index (κ1) is 21.1. The average Bonchev–Trinajstić information content (AvgIpc) is 3.35. The van der Waals surface area contributed by atoms with Crippen molar-refractivity contribution in [2.45, 2.75) is 65.0 Å². The molecule has 0 bridgehead atoms. The van der Waals surface area contributed by atoms with Gasteiger partial charge in [-0.25, -0.2) is 4.99 Å². The van der Waals surface area contributed by atoms with E-state index in [0.29, 0.717) is 12.6 Å². The zero-order valence-corrected chi connectivity index (χ0v) is 17.9. The van der Waals surface area contributed by atoms with E-state index < -0.39 is 0 Å². The second kappa shape index (κ2) is 10.8. The van der Waals surface area contributed by atoms with Crippen LogP contribution in [0.1, 0.15) is 56.2 Å². The molecule has 1 aliphatic rings. The summed E-state index contributed by atoms with van der Waals surface area (Å²) in [6.07, 6.45) is 6.93. The molecule has 7 nitrogen and oxygen atoms in total. The Balaban J connectivity index is 1.57. The molecule has 1 aromatic heterocycles. The molecule has 2 N–H and O–H groups in total. The van der Waals surface area contributed by atoms with E-state index in [9.17, 15) is 0 Å². The van der Waals surface area contributed by atoms with Crippen molar-refractivity contribution in [3.63, 3.8) is 0 Å². The smallest absolute Gasteiger partial charge is 0.191 e. The molecule has 158 valence electrons. The van der Waals surface area contributed by atoms with Crippen LogP contribution >= 0.6 is 0 Å². The van der Waals surface area contributed by atoms with Gasteiger partial charge in [0.05, 0.1) is 6.61 Å². The van der Waals surface area contributed by atoms with Crippen molar-refractivity contribution in [2.24, 2.45) is 12.0 Å². The number of aryl methyl sites for hydroxylation is 1. The highest BCUT2D eigenvalue weighted by atomic mass is 16.5. The zero-order chi connectivity index (χ0) is 20.5. The number of benzene rings is 1. The predicted molar refractivity (Wildman–Crippen MR) is 116 cm³/mol. The fourth-order valence-electron chi connectivity index (χ4n) is 3.49. The molecule has 0 spiro atoms. The normalized spacial score (nSPS) is 14.9. The average molecular weight is 399 g/mol. The van der Waals surface area contributed by atoms with E-state index in [1.165, 1.54) is 31.2 Å². The van der Waals surface area contributed by atoms with Crippen LogP contribution in [0.2, 0.25) is 0 Å². The lowest BCUT2D eigenvalue weighted by molar-refractivity contribution is 0.317. The molecule has 2 aromatic rings. The van der Waals surface area contributed by atoms with E-state index in [4.69, 9.17) is 9.73 Å². The number of rotatable bonds is 9. The molecular formula is C22H34N6O. The summed E-state index contributed by atoms with van der Waals surface area (Å²) >= 11 is 0. The third kappa shape index (κ3) is 6.48. The van der Waals surface area contributed by atoms with Crippen LogP contribution in [0.4, 0.5) is 0 Å². The summed E-state index contributed by atoms with van der Waals surface area (Å²) in [5.74, 6) is 3.57. The van der Waals surface area contributed by atoms with Gasteiger partial charge >= 0.3 is 0 Å². The first-order valence-corrected chi connectivity index (χ1v) is 10.8. The van der Waals surface area contributed by atoms with Crippen LogP contribution in [0.3, 0.4) is 0 Å². The molecule has 1 aromatic carbocycles. The maximum Gasteiger partial charge on any atom is 0.191 e. The third-order valence-corrected chi connectivity index (χ3v) is 5.33. The molecule has 0 saturated heterocycles. The Morgan fingerprint density at radius 3 is 2.83 bits per heavy atom. The number of hydrogen-bond acceptors (Lipinski definition) is 4. The number of hydrogen-bond donors (Lipinski definition) is 2. The van der Waals surface area contributed by atoms with Crippen LogP contribution in [0.15, 0.2) is 29.3 Å². The molecule has 0 amide bonds. The molecule has 0 atom stereocenters. The summed E-state index contributed by atoms with van der Waals surface area (Å²) in [6.45, 7) is 6.15. The van der Waals surface area contributed by atoms with Crippen LogP contribution in [-0.4, -0.2) is 39.9 Å². The Kier molecular flexibility index (Phi) is 7.90. The van der Waals surface area contributed by atoms with E-state index in [2.05, 4.69) is 46.0 Å². The summed E-state index contributed by atoms with van der Waals surface area (Å²) in [5.41, 5.74) is 1.26. The molecule has 1 saturated carbocycles. The minimum absolute atomic E-state index is 0.508. The molecular weight excluding hydrogens is 364 g/mol. The highest BCUT2D eigenvalue weighted by molar-refractivity contribution is 5.80. The zero-order valence-electron chi connectivity index (χ0n) is 17.9. The molecule has 7 heteroatoms. The van der Waals surface area contributed by atoms with Crippen LogP contribution in [0.25, 0.3) is 0 Å². The van der Waals surface area contributed by atoms with Crippen molar-refractivity contribution in [1.29, 1.82) is 0 Å². The molecule has 1 heterocycles. The first-order chi connectivity index (χ1) is 14.2. The van der Waals surface area contributed by atoms with E-state index >= 15 is 0 Å². The Bertz CT molecular complexity index is 794. The summed E-state index contributed by atoms with van der Waals surface area (Å²) < 4.78 is 7.73. The predicted octanol–water partition coefficient (Wildman–Crippen LogP) is 3.13. The fourth-order valence-corrected chi connectivity index (χ4v) is 3.49. The lowest BCUT2D eigenvalue weighted by Crippen LogP contribution is -2.43. The quantitative estimate of drug-likeness (QED) is 0.501. The standard InChI is InChI=1S/C22H34N6O/c1-4-14-29-20-11-7-8-18(15-20)12-13-23-22(25-19-9-5-6-10-19)24-16-21-27-26-17(2)28(21)3/h7-8,11,15,19H,4-6,9-10,12-14,16H2,1-3H3,(H2,23,24,25). The van der Waals surface area contributed by atoms with Crippen molar-refractivity contribution in [3.8, 4) is 5.75 Å². The van der Waals surface area contributed by atoms with E-state index in [0.717, 1.165) is 49.4 Å². The van der Waals surface area contributed by atoms with E-state index in [1.807, 2.05) is 24.6 Å². The lowest BCUT2D eigenvalue weighted by atomic mass is 10.1. The van der Waals surface area contributed by atoms with Crippen molar-refractivity contribution < 1.29 is 4.74 Å². The molecule has 0 aliphatic heterocycles. The van der Waals surface area contributed by atoms with Gasteiger partial charge in [0.15, 0.2) is 11.8 Å². The highest BCUT2D eigenvalue weighted by Crippen LogP contribution is 2.17. The fraction of sp³-hybridized carbons (Fsp3) is 0.591. The molecule has 29 heavy (non-hydrogen) atoms. The number of nitrogens with zero attached hydrogens (tertiary/aromatic N) is 4. The van der Waals surface area contributed by atoms with Crippen molar-refractivity contribution in [1.82, 2.24) is 25.4 Å². The molecule has 3 rings (SSSR count). The minimum Gasteiger partial charge on any atom is -0.494 e.